The number of rotatable bonds is 5. The molecule has 0 aliphatic rings. The first kappa shape index (κ1) is 21.3. The van der Waals surface area contributed by atoms with E-state index in [9.17, 15) is 17.6 Å². The van der Waals surface area contributed by atoms with Gasteiger partial charge in [-0.2, -0.15) is 0 Å². The van der Waals surface area contributed by atoms with Crippen molar-refractivity contribution >= 4 is 27.1 Å². The van der Waals surface area contributed by atoms with Crippen LogP contribution in [0.3, 0.4) is 0 Å². The summed E-state index contributed by atoms with van der Waals surface area (Å²) >= 11 is 0. The maximum Gasteiger partial charge on any atom is 0.255 e. The zero-order valence-electron chi connectivity index (χ0n) is 17.0. The standard InChI is InChI=1S/C23H19FN4O3S/c1-14-23(27-13-26-14)32(30,31)19-9-4-16(5-10-19)22(29)28-21-12-17(6-11-20(21)25)15-2-7-18(24)8-3-15/h2-13H,25H2,1H3,(H,26,27)(H,28,29). The first-order chi connectivity index (χ1) is 15.3. The van der Waals surface area contributed by atoms with Crippen LogP contribution in [0.15, 0.2) is 83.0 Å². The van der Waals surface area contributed by atoms with E-state index in [1.165, 1.54) is 42.7 Å². The van der Waals surface area contributed by atoms with Crippen molar-refractivity contribution in [3.8, 4) is 11.1 Å². The monoisotopic (exact) mass is 450 g/mol. The Hall–Kier alpha value is -3.98. The summed E-state index contributed by atoms with van der Waals surface area (Å²) in [5.41, 5.74) is 8.90. The first-order valence-electron chi connectivity index (χ1n) is 9.57. The zero-order valence-corrected chi connectivity index (χ0v) is 17.8. The number of nitrogen functional groups attached to an aromatic ring is 1. The number of aromatic nitrogens is 2. The lowest BCUT2D eigenvalue weighted by Crippen LogP contribution is -2.13. The van der Waals surface area contributed by atoms with Crippen molar-refractivity contribution in [2.45, 2.75) is 16.8 Å². The summed E-state index contributed by atoms with van der Waals surface area (Å²) in [6, 6.07) is 16.7. The molecule has 4 aromatic rings. The minimum atomic E-state index is -3.77. The van der Waals surface area contributed by atoms with Crippen LogP contribution in [0.2, 0.25) is 0 Å². The van der Waals surface area contributed by atoms with Gasteiger partial charge in [0.2, 0.25) is 9.84 Å². The molecular formula is C23H19FN4O3S. The summed E-state index contributed by atoms with van der Waals surface area (Å²) in [5, 5.41) is 2.75. The average molecular weight is 450 g/mol. The normalized spacial score (nSPS) is 11.3. The van der Waals surface area contributed by atoms with E-state index < -0.39 is 15.7 Å². The molecule has 162 valence electrons. The summed E-state index contributed by atoms with van der Waals surface area (Å²) in [6.45, 7) is 1.59. The number of nitrogens with two attached hydrogens (primary N) is 1. The van der Waals surface area contributed by atoms with Gasteiger partial charge < -0.3 is 16.0 Å². The van der Waals surface area contributed by atoms with Gasteiger partial charge in [-0.1, -0.05) is 18.2 Å². The third kappa shape index (κ3) is 4.10. The van der Waals surface area contributed by atoms with Gasteiger partial charge in [-0.3, -0.25) is 4.79 Å². The molecule has 0 bridgehead atoms. The molecule has 3 aromatic carbocycles. The molecule has 0 spiro atoms. The number of imidazole rings is 1. The molecule has 0 radical (unpaired) electrons. The van der Waals surface area contributed by atoms with E-state index in [2.05, 4.69) is 15.3 Å². The Morgan fingerprint density at radius 2 is 1.66 bits per heavy atom. The maximum atomic E-state index is 13.2. The van der Waals surface area contributed by atoms with E-state index in [0.29, 0.717) is 17.1 Å². The lowest BCUT2D eigenvalue weighted by atomic mass is 10.0. The lowest BCUT2D eigenvalue weighted by Gasteiger charge is -2.11. The Balaban J connectivity index is 1.56. The predicted octanol–water partition coefficient (Wildman–Crippen LogP) is 4.19. The van der Waals surface area contributed by atoms with Crippen LogP contribution in [0.25, 0.3) is 11.1 Å². The number of halogens is 1. The molecule has 4 N–H and O–H groups in total. The maximum absolute atomic E-state index is 13.2. The second kappa shape index (κ2) is 8.27. The van der Waals surface area contributed by atoms with Gasteiger partial charge in [0.25, 0.3) is 5.91 Å². The van der Waals surface area contributed by atoms with Gasteiger partial charge in [-0.15, -0.1) is 0 Å². The molecule has 4 rings (SSSR count). The highest BCUT2D eigenvalue weighted by molar-refractivity contribution is 7.91. The molecule has 0 fully saturated rings. The number of H-pyrrole nitrogens is 1. The third-order valence-corrected chi connectivity index (χ3v) is 6.80. The van der Waals surface area contributed by atoms with Crippen molar-refractivity contribution in [2.75, 3.05) is 11.1 Å². The van der Waals surface area contributed by atoms with Crippen LogP contribution in [0.1, 0.15) is 16.1 Å². The smallest absolute Gasteiger partial charge is 0.255 e. The SMILES string of the molecule is Cc1nc[nH]c1S(=O)(=O)c1ccc(C(=O)Nc2cc(-c3ccc(F)cc3)ccc2N)cc1. The largest absolute Gasteiger partial charge is 0.397 e. The Bertz CT molecular complexity index is 1400. The number of nitrogens with zero attached hydrogens (tertiary/aromatic N) is 1. The number of carbonyl (C=O) groups excluding carboxylic acids is 1. The predicted molar refractivity (Wildman–Crippen MR) is 119 cm³/mol. The first-order valence-corrected chi connectivity index (χ1v) is 11.1. The Morgan fingerprint density at radius 3 is 2.28 bits per heavy atom. The number of benzene rings is 3. The number of hydrogen-bond donors (Lipinski definition) is 3. The van der Waals surface area contributed by atoms with Gasteiger partial charge in [0.05, 0.1) is 28.3 Å². The van der Waals surface area contributed by atoms with E-state index in [4.69, 9.17) is 5.73 Å². The van der Waals surface area contributed by atoms with Crippen LogP contribution in [-0.2, 0) is 9.84 Å². The van der Waals surface area contributed by atoms with Gasteiger partial charge >= 0.3 is 0 Å². The fourth-order valence-corrected chi connectivity index (χ4v) is 4.59. The van der Waals surface area contributed by atoms with Gasteiger partial charge in [-0.25, -0.2) is 17.8 Å². The van der Waals surface area contributed by atoms with Crippen molar-refractivity contribution in [1.29, 1.82) is 0 Å². The Kier molecular flexibility index (Phi) is 5.50. The molecule has 1 amide bonds. The fraction of sp³-hybridized carbons (Fsp3) is 0.0435. The van der Waals surface area contributed by atoms with Gasteiger partial charge in [-0.05, 0) is 66.6 Å². The van der Waals surface area contributed by atoms with E-state index in [-0.39, 0.29) is 21.3 Å². The van der Waals surface area contributed by atoms with Gasteiger partial charge in [0.15, 0.2) is 5.03 Å². The summed E-state index contributed by atoms with van der Waals surface area (Å²) in [5.74, 6) is -0.791. The van der Waals surface area contributed by atoms with E-state index >= 15 is 0 Å². The fourth-order valence-electron chi connectivity index (χ4n) is 3.21. The molecule has 0 saturated heterocycles. The Labute approximate surface area is 184 Å². The minimum absolute atomic E-state index is 0.0140. The van der Waals surface area contributed by atoms with Crippen LogP contribution in [0.4, 0.5) is 15.8 Å². The van der Waals surface area contributed by atoms with E-state index in [0.717, 1.165) is 11.1 Å². The molecule has 0 unspecified atom stereocenters. The van der Waals surface area contributed by atoms with E-state index in [1.54, 1.807) is 37.3 Å². The number of aromatic amines is 1. The van der Waals surface area contributed by atoms with Crippen LogP contribution >= 0.6 is 0 Å². The third-order valence-electron chi connectivity index (χ3n) is 4.96. The van der Waals surface area contributed by atoms with Crippen LogP contribution in [0.5, 0.6) is 0 Å². The quantitative estimate of drug-likeness (QED) is 0.394. The summed E-state index contributed by atoms with van der Waals surface area (Å²) < 4.78 is 38.6. The molecule has 1 aromatic heterocycles. The van der Waals surface area contributed by atoms with Crippen molar-refractivity contribution < 1.29 is 17.6 Å². The molecule has 0 aliphatic heterocycles. The Morgan fingerprint density at radius 1 is 1.00 bits per heavy atom. The zero-order chi connectivity index (χ0) is 22.9. The second-order valence-electron chi connectivity index (χ2n) is 7.11. The number of hydrogen-bond acceptors (Lipinski definition) is 5. The molecule has 0 saturated carbocycles. The minimum Gasteiger partial charge on any atom is -0.397 e. The molecule has 0 aliphatic carbocycles. The van der Waals surface area contributed by atoms with Gasteiger partial charge in [0, 0.05) is 5.56 Å². The molecule has 0 atom stereocenters. The highest BCUT2D eigenvalue weighted by Crippen LogP contribution is 2.28. The van der Waals surface area contributed by atoms with Crippen molar-refractivity contribution in [3.05, 3.63) is 90.1 Å². The lowest BCUT2D eigenvalue weighted by molar-refractivity contribution is 0.102. The number of anilines is 2. The average Bonchev–Trinajstić information content (AvgIpc) is 3.23. The number of aryl methyl sites for hydroxylation is 1. The highest BCUT2D eigenvalue weighted by atomic mass is 32.2. The summed E-state index contributed by atoms with van der Waals surface area (Å²) in [6.07, 6.45) is 1.31. The molecule has 7 nitrogen and oxygen atoms in total. The van der Waals surface area contributed by atoms with Crippen LogP contribution in [-0.4, -0.2) is 24.3 Å². The summed E-state index contributed by atoms with van der Waals surface area (Å²) in [7, 11) is -3.77. The summed E-state index contributed by atoms with van der Waals surface area (Å²) in [4.78, 5) is 19.3. The number of carbonyl (C=O) groups is 1. The number of sulfone groups is 1. The molecular weight excluding hydrogens is 431 g/mol. The van der Waals surface area contributed by atoms with Crippen LogP contribution < -0.4 is 11.1 Å². The van der Waals surface area contributed by atoms with Crippen molar-refractivity contribution in [2.24, 2.45) is 0 Å². The highest BCUT2D eigenvalue weighted by Gasteiger charge is 2.22. The molecule has 32 heavy (non-hydrogen) atoms. The van der Waals surface area contributed by atoms with Crippen molar-refractivity contribution in [1.82, 2.24) is 9.97 Å². The second-order valence-corrected chi connectivity index (χ2v) is 8.99. The topological polar surface area (TPSA) is 118 Å². The van der Waals surface area contributed by atoms with Crippen LogP contribution in [0, 0.1) is 12.7 Å². The molecule has 1 heterocycles. The molecule has 9 heteroatoms. The van der Waals surface area contributed by atoms with Crippen molar-refractivity contribution in [3.63, 3.8) is 0 Å². The van der Waals surface area contributed by atoms with E-state index in [1.807, 2.05) is 0 Å². The number of amides is 1. The number of nitrogens with one attached hydrogen (secondary N) is 2. The van der Waals surface area contributed by atoms with Gasteiger partial charge in [0.1, 0.15) is 5.82 Å².